The van der Waals surface area contributed by atoms with Gasteiger partial charge in [0.1, 0.15) is 5.82 Å². The van der Waals surface area contributed by atoms with Crippen LogP contribution in [0.4, 0.5) is 5.82 Å². The second-order valence-corrected chi connectivity index (χ2v) is 6.20. The van der Waals surface area contributed by atoms with E-state index >= 15 is 0 Å². The lowest BCUT2D eigenvalue weighted by Gasteiger charge is -2.32. The van der Waals surface area contributed by atoms with E-state index in [2.05, 4.69) is 14.9 Å². The molecule has 1 saturated heterocycles. The number of aryl methyl sites for hydroxylation is 1. The summed E-state index contributed by atoms with van der Waals surface area (Å²) in [6.45, 7) is 4.39. The van der Waals surface area contributed by atoms with Crippen LogP contribution < -0.4 is 9.64 Å². The number of piperidine rings is 1. The van der Waals surface area contributed by atoms with Gasteiger partial charge in [0.25, 0.3) is 0 Å². The van der Waals surface area contributed by atoms with Gasteiger partial charge in [-0.05, 0) is 43.9 Å². The van der Waals surface area contributed by atoms with Gasteiger partial charge in [0, 0.05) is 25.4 Å². The summed E-state index contributed by atoms with van der Waals surface area (Å²) in [6.07, 6.45) is 3.84. The molecule has 1 fully saturated rings. The maximum absolute atomic E-state index is 11.7. The molecule has 0 atom stereocenters. The zero-order valence-electron chi connectivity index (χ0n) is 14.6. The lowest BCUT2D eigenvalue weighted by molar-refractivity contribution is 0.0599. The van der Waals surface area contributed by atoms with Crippen molar-refractivity contribution in [3.63, 3.8) is 0 Å². The molecule has 0 bridgehead atoms. The summed E-state index contributed by atoms with van der Waals surface area (Å²) in [4.78, 5) is 22.7. The third-order valence-corrected chi connectivity index (χ3v) is 4.52. The van der Waals surface area contributed by atoms with Gasteiger partial charge in [0.15, 0.2) is 0 Å². The van der Waals surface area contributed by atoms with Crippen molar-refractivity contribution in [2.75, 3.05) is 31.7 Å². The first-order valence-corrected chi connectivity index (χ1v) is 8.52. The number of ether oxygens (including phenoxy) is 2. The molecular weight excluding hydrogens is 318 g/mol. The number of carbonyl (C=O) groups is 1. The summed E-state index contributed by atoms with van der Waals surface area (Å²) in [5.74, 6) is 1.77. The Morgan fingerprint density at radius 3 is 2.68 bits per heavy atom. The zero-order valence-corrected chi connectivity index (χ0v) is 14.6. The molecule has 132 valence electrons. The Morgan fingerprint density at radius 2 is 2.04 bits per heavy atom. The van der Waals surface area contributed by atoms with Gasteiger partial charge < -0.3 is 14.4 Å². The van der Waals surface area contributed by atoms with E-state index < -0.39 is 0 Å². The Morgan fingerprint density at radius 1 is 1.24 bits per heavy atom. The van der Waals surface area contributed by atoms with Crippen molar-refractivity contribution >= 4 is 11.8 Å². The highest BCUT2D eigenvalue weighted by atomic mass is 16.5. The molecule has 3 heterocycles. The van der Waals surface area contributed by atoms with Crippen LogP contribution in [0.1, 0.15) is 28.9 Å². The van der Waals surface area contributed by atoms with E-state index in [1.807, 2.05) is 31.2 Å². The van der Waals surface area contributed by atoms with E-state index in [4.69, 9.17) is 9.47 Å². The highest BCUT2D eigenvalue weighted by Crippen LogP contribution is 2.23. The highest BCUT2D eigenvalue weighted by molar-refractivity contribution is 5.90. The third kappa shape index (κ3) is 4.26. The van der Waals surface area contributed by atoms with Gasteiger partial charge in [-0.1, -0.05) is 6.07 Å². The van der Waals surface area contributed by atoms with Crippen molar-refractivity contribution in [2.24, 2.45) is 5.92 Å². The Kier molecular flexibility index (Phi) is 5.48. The molecule has 2 aromatic heterocycles. The quantitative estimate of drug-likeness (QED) is 0.779. The summed E-state index contributed by atoms with van der Waals surface area (Å²) < 4.78 is 10.5. The molecule has 0 N–H and O–H groups in total. The molecule has 0 saturated carbocycles. The van der Waals surface area contributed by atoms with E-state index in [-0.39, 0.29) is 5.97 Å². The fourth-order valence-corrected chi connectivity index (χ4v) is 3.01. The average molecular weight is 341 g/mol. The highest BCUT2D eigenvalue weighted by Gasteiger charge is 2.22. The van der Waals surface area contributed by atoms with Crippen LogP contribution in [0, 0.1) is 12.8 Å². The first-order chi connectivity index (χ1) is 12.2. The molecule has 0 aromatic carbocycles. The van der Waals surface area contributed by atoms with E-state index in [0.717, 1.165) is 31.7 Å². The number of anilines is 1. The number of hydrogen-bond acceptors (Lipinski definition) is 6. The predicted octanol–water partition coefficient (Wildman–Crippen LogP) is 2.87. The number of aromatic nitrogens is 2. The number of nitrogens with zero attached hydrogens (tertiary/aromatic N) is 3. The molecule has 1 aliphatic rings. The Balaban J connectivity index is 1.53. The summed E-state index contributed by atoms with van der Waals surface area (Å²) in [5, 5.41) is 0. The van der Waals surface area contributed by atoms with Crippen molar-refractivity contribution < 1.29 is 14.3 Å². The number of esters is 1. The molecule has 0 spiro atoms. The fraction of sp³-hybridized carbons (Fsp3) is 0.421. The SMILES string of the molecule is COC(=O)c1ccc(N2CCC(COc3ccccn3)CC2)nc1C. The van der Waals surface area contributed by atoms with Crippen LogP contribution in [-0.2, 0) is 4.74 Å². The predicted molar refractivity (Wildman–Crippen MR) is 95.0 cm³/mol. The normalized spacial score (nSPS) is 15.0. The summed E-state index contributed by atoms with van der Waals surface area (Å²) >= 11 is 0. The summed E-state index contributed by atoms with van der Waals surface area (Å²) in [5.41, 5.74) is 1.22. The van der Waals surface area contributed by atoms with E-state index in [9.17, 15) is 4.79 Å². The molecule has 6 nitrogen and oxygen atoms in total. The van der Waals surface area contributed by atoms with Crippen LogP contribution in [-0.4, -0.2) is 42.7 Å². The topological polar surface area (TPSA) is 64.5 Å². The molecule has 0 aliphatic carbocycles. The van der Waals surface area contributed by atoms with Gasteiger partial charge in [0.2, 0.25) is 5.88 Å². The minimum Gasteiger partial charge on any atom is -0.477 e. The third-order valence-electron chi connectivity index (χ3n) is 4.52. The monoisotopic (exact) mass is 341 g/mol. The van der Waals surface area contributed by atoms with Crippen molar-refractivity contribution in [3.8, 4) is 5.88 Å². The van der Waals surface area contributed by atoms with Crippen molar-refractivity contribution in [1.82, 2.24) is 9.97 Å². The Labute approximate surface area is 147 Å². The lowest BCUT2D eigenvalue weighted by atomic mass is 9.98. The minimum atomic E-state index is -0.345. The van der Waals surface area contributed by atoms with Crippen molar-refractivity contribution in [2.45, 2.75) is 19.8 Å². The molecule has 0 unspecified atom stereocenters. The number of methoxy groups -OCH3 is 1. The Bertz CT molecular complexity index is 713. The zero-order chi connectivity index (χ0) is 17.6. The Hall–Kier alpha value is -2.63. The lowest BCUT2D eigenvalue weighted by Crippen LogP contribution is -2.36. The molecule has 3 rings (SSSR count). The van der Waals surface area contributed by atoms with Crippen LogP contribution in [0.25, 0.3) is 0 Å². The van der Waals surface area contributed by atoms with Crippen molar-refractivity contribution in [1.29, 1.82) is 0 Å². The first kappa shape index (κ1) is 17.2. The van der Waals surface area contributed by atoms with E-state index in [1.165, 1.54) is 7.11 Å². The van der Waals surface area contributed by atoms with Crippen LogP contribution in [0.2, 0.25) is 0 Å². The molecule has 1 aliphatic heterocycles. The van der Waals surface area contributed by atoms with E-state index in [0.29, 0.717) is 29.7 Å². The van der Waals surface area contributed by atoms with Gasteiger partial charge in [-0.25, -0.2) is 14.8 Å². The van der Waals surface area contributed by atoms with Crippen LogP contribution in [0.5, 0.6) is 5.88 Å². The maximum Gasteiger partial charge on any atom is 0.339 e. The first-order valence-electron chi connectivity index (χ1n) is 8.52. The maximum atomic E-state index is 11.7. The summed E-state index contributed by atoms with van der Waals surface area (Å²) in [6, 6.07) is 9.37. The molecule has 6 heteroatoms. The number of rotatable bonds is 5. The van der Waals surface area contributed by atoms with Crippen LogP contribution in [0.15, 0.2) is 36.5 Å². The average Bonchev–Trinajstić information content (AvgIpc) is 2.67. The number of pyridine rings is 2. The molecule has 0 radical (unpaired) electrons. The standard InChI is InChI=1S/C19H23N3O3/c1-14-16(19(23)24-2)6-7-17(21-14)22-11-8-15(9-12-22)13-25-18-5-3-4-10-20-18/h3-7,10,15H,8-9,11-13H2,1-2H3. The molecule has 2 aromatic rings. The van der Waals surface area contributed by atoms with Gasteiger partial charge in [-0.15, -0.1) is 0 Å². The molecule has 0 amide bonds. The van der Waals surface area contributed by atoms with Gasteiger partial charge in [-0.2, -0.15) is 0 Å². The smallest absolute Gasteiger partial charge is 0.339 e. The van der Waals surface area contributed by atoms with Crippen LogP contribution in [0.3, 0.4) is 0 Å². The fourth-order valence-electron chi connectivity index (χ4n) is 3.01. The minimum absolute atomic E-state index is 0.345. The number of carbonyl (C=O) groups excluding carboxylic acids is 1. The van der Waals surface area contributed by atoms with Gasteiger partial charge in [-0.3, -0.25) is 0 Å². The van der Waals surface area contributed by atoms with E-state index in [1.54, 1.807) is 12.3 Å². The van der Waals surface area contributed by atoms with Crippen molar-refractivity contribution in [3.05, 3.63) is 47.8 Å². The largest absolute Gasteiger partial charge is 0.477 e. The molecular formula is C19H23N3O3. The molecule has 25 heavy (non-hydrogen) atoms. The summed E-state index contributed by atoms with van der Waals surface area (Å²) in [7, 11) is 1.38. The number of hydrogen-bond donors (Lipinski definition) is 0. The van der Waals surface area contributed by atoms with Crippen LogP contribution >= 0.6 is 0 Å². The van der Waals surface area contributed by atoms with Gasteiger partial charge >= 0.3 is 5.97 Å². The second kappa shape index (κ2) is 7.96. The second-order valence-electron chi connectivity index (χ2n) is 6.20. The van der Waals surface area contributed by atoms with Gasteiger partial charge in [0.05, 0.1) is 25.0 Å².